The van der Waals surface area contributed by atoms with Crippen molar-refractivity contribution in [3.8, 4) is 6.07 Å². The van der Waals surface area contributed by atoms with Gasteiger partial charge in [0.15, 0.2) is 0 Å². The summed E-state index contributed by atoms with van der Waals surface area (Å²) in [5.41, 5.74) is 1.74. The van der Waals surface area contributed by atoms with Crippen molar-refractivity contribution in [2.45, 2.75) is 11.8 Å². The number of hydrogen-bond donors (Lipinski definition) is 0. The molecule has 1 aromatic carbocycles. The predicted molar refractivity (Wildman–Crippen MR) is 56.2 cm³/mol. The molecule has 1 aromatic rings. The molecule has 1 atom stereocenters. The molecule has 1 nitrogen and oxygen atoms in total. The quantitative estimate of drug-likeness (QED) is 0.722. The maximum atomic E-state index is 8.77. The highest BCUT2D eigenvalue weighted by Gasteiger charge is 2.07. The second-order valence-electron chi connectivity index (χ2n) is 2.46. The summed E-state index contributed by atoms with van der Waals surface area (Å²) in [7, 11) is 0. The first-order valence-corrected chi connectivity index (χ1v) is 5.19. The molecule has 0 spiro atoms. The molecular weight excluding hydrogens is 282 g/mol. The van der Waals surface area contributed by atoms with Crippen LogP contribution in [0.4, 0.5) is 0 Å². The summed E-state index contributed by atoms with van der Waals surface area (Å²) >= 11 is 6.80. The van der Waals surface area contributed by atoms with Gasteiger partial charge in [0.1, 0.15) is 0 Å². The monoisotopic (exact) mass is 287 g/mol. The minimum Gasteiger partial charge on any atom is -0.192 e. The molecule has 0 saturated carbocycles. The van der Waals surface area contributed by atoms with E-state index >= 15 is 0 Å². The molecule has 62 valence electrons. The SMILES string of the molecule is C[C@@H](Br)c1cc(Br)ccc1C#N. The summed E-state index contributed by atoms with van der Waals surface area (Å²) in [5.74, 6) is 0. The third-order valence-electron chi connectivity index (χ3n) is 1.56. The van der Waals surface area contributed by atoms with Crippen LogP contribution < -0.4 is 0 Å². The number of rotatable bonds is 1. The average Bonchev–Trinajstić information content (AvgIpc) is 2.04. The zero-order valence-corrected chi connectivity index (χ0v) is 9.68. The van der Waals surface area contributed by atoms with Crippen molar-refractivity contribution in [1.29, 1.82) is 5.26 Å². The van der Waals surface area contributed by atoms with Gasteiger partial charge in [-0.2, -0.15) is 5.26 Å². The van der Waals surface area contributed by atoms with Crippen LogP contribution in [0.5, 0.6) is 0 Å². The van der Waals surface area contributed by atoms with Gasteiger partial charge in [-0.15, -0.1) is 0 Å². The van der Waals surface area contributed by atoms with E-state index in [9.17, 15) is 0 Å². The first kappa shape index (κ1) is 9.76. The molecule has 0 aliphatic carbocycles. The van der Waals surface area contributed by atoms with Crippen LogP contribution in [-0.2, 0) is 0 Å². The highest BCUT2D eigenvalue weighted by molar-refractivity contribution is 9.10. The lowest BCUT2D eigenvalue weighted by Crippen LogP contribution is -1.89. The number of nitrogens with zero attached hydrogens (tertiary/aromatic N) is 1. The maximum Gasteiger partial charge on any atom is 0.0994 e. The van der Waals surface area contributed by atoms with E-state index in [2.05, 4.69) is 37.9 Å². The Balaban J connectivity index is 3.24. The van der Waals surface area contributed by atoms with E-state index in [1.807, 2.05) is 25.1 Å². The number of hydrogen-bond acceptors (Lipinski definition) is 1. The second-order valence-corrected chi connectivity index (χ2v) is 4.75. The van der Waals surface area contributed by atoms with Crippen LogP contribution in [0.25, 0.3) is 0 Å². The number of nitriles is 1. The van der Waals surface area contributed by atoms with Gasteiger partial charge in [-0.05, 0) is 30.7 Å². The summed E-state index contributed by atoms with van der Waals surface area (Å²) in [6, 6.07) is 7.80. The third-order valence-corrected chi connectivity index (χ3v) is 2.55. The standard InChI is InChI=1S/C9H7Br2N/c1-6(10)9-4-8(11)3-2-7(9)5-12/h2-4,6H,1H3/t6-/m1/s1. The Bertz CT molecular complexity index is 326. The zero-order valence-electron chi connectivity index (χ0n) is 6.51. The minimum absolute atomic E-state index is 0.213. The minimum atomic E-state index is 0.213. The van der Waals surface area contributed by atoms with Gasteiger partial charge in [0.25, 0.3) is 0 Å². The Hall–Kier alpha value is -0.330. The highest BCUT2D eigenvalue weighted by atomic mass is 79.9. The molecule has 3 heteroatoms. The van der Waals surface area contributed by atoms with Crippen LogP contribution in [0.3, 0.4) is 0 Å². The van der Waals surface area contributed by atoms with E-state index in [0.29, 0.717) is 0 Å². The molecule has 0 amide bonds. The van der Waals surface area contributed by atoms with Crippen LogP contribution in [0.1, 0.15) is 22.9 Å². The Morgan fingerprint density at radius 3 is 2.67 bits per heavy atom. The molecule has 0 fully saturated rings. The average molecular weight is 289 g/mol. The summed E-state index contributed by atoms with van der Waals surface area (Å²) in [4.78, 5) is 0.213. The van der Waals surface area contributed by atoms with Gasteiger partial charge in [0.2, 0.25) is 0 Å². The normalized spacial score (nSPS) is 12.2. The Morgan fingerprint density at radius 1 is 1.50 bits per heavy atom. The highest BCUT2D eigenvalue weighted by Crippen LogP contribution is 2.27. The van der Waals surface area contributed by atoms with E-state index in [1.54, 1.807) is 0 Å². The molecule has 0 unspecified atom stereocenters. The van der Waals surface area contributed by atoms with E-state index in [1.165, 1.54) is 0 Å². The van der Waals surface area contributed by atoms with Gasteiger partial charge in [0, 0.05) is 9.30 Å². The molecule has 12 heavy (non-hydrogen) atoms. The molecule has 0 radical (unpaired) electrons. The van der Waals surface area contributed by atoms with Gasteiger partial charge < -0.3 is 0 Å². The molecule has 0 N–H and O–H groups in total. The Kier molecular flexibility index (Phi) is 3.30. The first-order chi connectivity index (χ1) is 5.65. The first-order valence-electron chi connectivity index (χ1n) is 3.48. The van der Waals surface area contributed by atoms with Gasteiger partial charge in [-0.3, -0.25) is 0 Å². The van der Waals surface area contributed by atoms with Gasteiger partial charge >= 0.3 is 0 Å². The van der Waals surface area contributed by atoms with Crippen molar-refractivity contribution in [3.05, 3.63) is 33.8 Å². The van der Waals surface area contributed by atoms with Crippen LogP contribution in [0.2, 0.25) is 0 Å². The molecule has 0 aliphatic rings. The van der Waals surface area contributed by atoms with Crippen molar-refractivity contribution >= 4 is 31.9 Å². The molecule has 0 aromatic heterocycles. The topological polar surface area (TPSA) is 23.8 Å². The molecule has 0 bridgehead atoms. The van der Waals surface area contributed by atoms with Crippen LogP contribution >= 0.6 is 31.9 Å². The van der Waals surface area contributed by atoms with Crippen molar-refractivity contribution in [2.75, 3.05) is 0 Å². The van der Waals surface area contributed by atoms with Crippen LogP contribution in [-0.4, -0.2) is 0 Å². The molecule has 0 heterocycles. The van der Waals surface area contributed by atoms with E-state index < -0.39 is 0 Å². The van der Waals surface area contributed by atoms with E-state index in [0.717, 1.165) is 15.6 Å². The lowest BCUT2D eigenvalue weighted by molar-refractivity contribution is 1.11. The van der Waals surface area contributed by atoms with Gasteiger partial charge in [0.05, 0.1) is 11.6 Å². The number of halogens is 2. The predicted octanol–water partition coefficient (Wildman–Crippen LogP) is 3.78. The van der Waals surface area contributed by atoms with Crippen molar-refractivity contribution in [1.82, 2.24) is 0 Å². The van der Waals surface area contributed by atoms with Crippen LogP contribution in [0.15, 0.2) is 22.7 Å². The molecule has 0 aliphatic heterocycles. The molecule has 1 rings (SSSR count). The van der Waals surface area contributed by atoms with Crippen molar-refractivity contribution < 1.29 is 0 Å². The number of benzene rings is 1. The van der Waals surface area contributed by atoms with E-state index in [4.69, 9.17) is 5.26 Å². The lowest BCUT2D eigenvalue weighted by atomic mass is 10.1. The molecular formula is C9H7Br2N. The van der Waals surface area contributed by atoms with Crippen molar-refractivity contribution in [3.63, 3.8) is 0 Å². The molecule has 0 saturated heterocycles. The van der Waals surface area contributed by atoms with E-state index in [-0.39, 0.29) is 4.83 Å². The maximum absolute atomic E-state index is 8.77. The fraction of sp³-hybridized carbons (Fsp3) is 0.222. The zero-order chi connectivity index (χ0) is 9.14. The second kappa shape index (κ2) is 4.06. The van der Waals surface area contributed by atoms with Gasteiger partial charge in [-0.1, -0.05) is 31.9 Å². The Labute approximate surface area is 88.7 Å². The number of alkyl halides is 1. The third kappa shape index (κ3) is 2.09. The Morgan fingerprint density at radius 2 is 2.17 bits per heavy atom. The van der Waals surface area contributed by atoms with Crippen LogP contribution in [0, 0.1) is 11.3 Å². The summed E-state index contributed by atoms with van der Waals surface area (Å²) in [5, 5.41) is 8.77. The fourth-order valence-corrected chi connectivity index (χ4v) is 1.72. The fourth-order valence-electron chi connectivity index (χ4n) is 0.965. The smallest absolute Gasteiger partial charge is 0.0994 e. The van der Waals surface area contributed by atoms with Gasteiger partial charge in [-0.25, -0.2) is 0 Å². The summed E-state index contributed by atoms with van der Waals surface area (Å²) < 4.78 is 1.00. The van der Waals surface area contributed by atoms with Crippen molar-refractivity contribution in [2.24, 2.45) is 0 Å². The largest absolute Gasteiger partial charge is 0.192 e. The summed E-state index contributed by atoms with van der Waals surface area (Å²) in [6.45, 7) is 2.00. The summed E-state index contributed by atoms with van der Waals surface area (Å²) in [6.07, 6.45) is 0. The lowest BCUT2D eigenvalue weighted by Gasteiger charge is -2.05.